The van der Waals surface area contributed by atoms with Crippen LogP contribution >= 0.6 is 0 Å². The van der Waals surface area contributed by atoms with Crippen LogP contribution in [-0.2, 0) is 4.79 Å². The third kappa shape index (κ3) is 4.02. The first kappa shape index (κ1) is 13.9. The lowest BCUT2D eigenvalue weighted by Crippen LogP contribution is -2.38. The van der Waals surface area contributed by atoms with Gasteiger partial charge in [0.05, 0.1) is 17.9 Å². The van der Waals surface area contributed by atoms with Crippen LogP contribution in [0, 0.1) is 13.8 Å². The quantitative estimate of drug-likeness (QED) is 0.615. The number of rotatable bonds is 4. The van der Waals surface area contributed by atoms with Gasteiger partial charge < -0.3 is 20.8 Å². The highest BCUT2D eigenvalue weighted by molar-refractivity contribution is 5.90. The summed E-state index contributed by atoms with van der Waals surface area (Å²) in [5, 5.41) is 22.2. The van der Waals surface area contributed by atoms with E-state index in [1.807, 2.05) is 6.92 Å². The molecule has 0 saturated heterocycles. The first-order chi connectivity index (χ1) is 8.40. The molecule has 1 heterocycles. The summed E-state index contributed by atoms with van der Waals surface area (Å²) in [5.74, 6) is -1.39. The summed E-state index contributed by atoms with van der Waals surface area (Å²) in [6.07, 6.45) is -1.62. The van der Waals surface area contributed by atoms with Crippen molar-refractivity contribution < 1.29 is 19.8 Å². The second-order valence-corrected chi connectivity index (χ2v) is 3.77. The van der Waals surface area contributed by atoms with E-state index in [4.69, 9.17) is 10.2 Å². The molecule has 1 atom stereocenters. The van der Waals surface area contributed by atoms with Gasteiger partial charge in [0.15, 0.2) is 6.10 Å². The van der Waals surface area contributed by atoms with Crippen LogP contribution in [-0.4, -0.2) is 39.8 Å². The molecule has 0 fully saturated rings. The smallest absolute Gasteiger partial charge is 0.334 e. The van der Waals surface area contributed by atoms with E-state index in [-0.39, 0.29) is 6.54 Å². The van der Waals surface area contributed by atoms with Crippen molar-refractivity contribution in [2.24, 2.45) is 0 Å². The van der Waals surface area contributed by atoms with E-state index in [0.29, 0.717) is 11.4 Å². The number of anilines is 1. The number of aliphatic hydroxyl groups excluding tert-OH is 1. The Labute approximate surface area is 104 Å². The summed E-state index contributed by atoms with van der Waals surface area (Å²) >= 11 is 0. The third-order valence-electron chi connectivity index (χ3n) is 2.21. The number of carbonyl (C=O) groups is 2. The fourth-order valence-electron chi connectivity index (χ4n) is 1.26. The average molecular weight is 253 g/mol. The van der Waals surface area contributed by atoms with Gasteiger partial charge in [-0.1, -0.05) is 0 Å². The number of aromatic nitrogens is 1. The average Bonchev–Trinajstić information content (AvgIpc) is 2.29. The lowest BCUT2D eigenvalue weighted by atomic mass is 10.3. The number of aryl methyl sites for hydroxylation is 2. The number of pyridine rings is 1. The van der Waals surface area contributed by atoms with Crippen molar-refractivity contribution in [3.8, 4) is 0 Å². The molecular weight excluding hydrogens is 238 g/mol. The number of nitrogens with one attached hydrogen (secondary N) is 2. The predicted octanol–water partition coefficient (Wildman–Crippen LogP) is 0.265. The van der Waals surface area contributed by atoms with Crippen LogP contribution in [0.1, 0.15) is 11.4 Å². The van der Waals surface area contributed by atoms with Crippen molar-refractivity contribution in [3.05, 3.63) is 23.5 Å². The van der Waals surface area contributed by atoms with Gasteiger partial charge in [-0.25, -0.2) is 9.59 Å². The van der Waals surface area contributed by atoms with Gasteiger partial charge in [0.25, 0.3) is 0 Å². The van der Waals surface area contributed by atoms with Gasteiger partial charge in [-0.2, -0.15) is 0 Å². The van der Waals surface area contributed by atoms with E-state index in [2.05, 4.69) is 15.6 Å². The number of nitrogens with zero attached hydrogens (tertiary/aromatic N) is 1. The Morgan fingerprint density at radius 2 is 2.06 bits per heavy atom. The van der Waals surface area contributed by atoms with Crippen LogP contribution < -0.4 is 10.6 Å². The largest absolute Gasteiger partial charge is 0.479 e. The van der Waals surface area contributed by atoms with E-state index in [0.717, 1.165) is 5.69 Å². The molecule has 0 aliphatic carbocycles. The standard InChI is InChI=1S/C11H15N3O4/c1-6-3-4-8(7(2)13-6)14-11(18)12-5-9(15)10(16)17/h3-4,9,15H,5H2,1-2H3,(H,16,17)(H2,12,14,18)/t9-/m0/s1. The Morgan fingerprint density at radius 3 is 2.61 bits per heavy atom. The van der Waals surface area contributed by atoms with E-state index in [9.17, 15) is 9.59 Å². The summed E-state index contributed by atoms with van der Waals surface area (Å²) in [5.41, 5.74) is 2.02. The highest BCUT2D eigenvalue weighted by atomic mass is 16.4. The predicted molar refractivity (Wildman–Crippen MR) is 64.4 cm³/mol. The van der Waals surface area contributed by atoms with Gasteiger partial charge in [-0.05, 0) is 26.0 Å². The van der Waals surface area contributed by atoms with Crippen LogP contribution in [0.25, 0.3) is 0 Å². The molecule has 98 valence electrons. The van der Waals surface area contributed by atoms with Crippen molar-refractivity contribution in [2.75, 3.05) is 11.9 Å². The number of urea groups is 1. The molecule has 1 aromatic heterocycles. The Kier molecular flexibility index (Phi) is 4.61. The summed E-state index contributed by atoms with van der Waals surface area (Å²) in [4.78, 5) is 25.9. The summed E-state index contributed by atoms with van der Waals surface area (Å²) in [6.45, 7) is 3.22. The Balaban J connectivity index is 2.52. The topological polar surface area (TPSA) is 112 Å². The van der Waals surface area contributed by atoms with Crippen LogP contribution in [0.15, 0.2) is 12.1 Å². The second-order valence-electron chi connectivity index (χ2n) is 3.77. The lowest BCUT2D eigenvalue weighted by molar-refractivity contribution is -0.146. The number of hydrogen-bond acceptors (Lipinski definition) is 4. The first-order valence-electron chi connectivity index (χ1n) is 5.30. The van der Waals surface area contributed by atoms with E-state index < -0.39 is 18.1 Å². The summed E-state index contributed by atoms with van der Waals surface area (Å²) in [6, 6.07) is 2.85. The molecule has 1 rings (SSSR count). The molecule has 0 aliphatic heterocycles. The van der Waals surface area contributed by atoms with Crippen LogP contribution in [0.5, 0.6) is 0 Å². The minimum atomic E-state index is -1.62. The van der Waals surface area contributed by atoms with Crippen molar-refractivity contribution >= 4 is 17.7 Å². The van der Waals surface area contributed by atoms with E-state index in [1.165, 1.54) is 0 Å². The monoisotopic (exact) mass is 253 g/mol. The Bertz CT molecular complexity index is 462. The summed E-state index contributed by atoms with van der Waals surface area (Å²) < 4.78 is 0. The molecule has 18 heavy (non-hydrogen) atoms. The minimum absolute atomic E-state index is 0.362. The number of carbonyl (C=O) groups excluding carboxylic acids is 1. The highest BCUT2D eigenvalue weighted by Gasteiger charge is 2.14. The maximum absolute atomic E-state index is 11.4. The molecule has 7 nitrogen and oxygen atoms in total. The molecule has 0 spiro atoms. The number of aliphatic hydroxyl groups is 1. The van der Waals surface area contributed by atoms with Crippen LogP contribution in [0.2, 0.25) is 0 Å². The molecule has 0 radical (unpaired) electrons. The summed E-state index contributed by atoms with van der Waals surface area (Å²) in [7, 11) is 0. The number of aliphatic carboxylic acids is 1. The third-order valence-corrected chi connectivity index (χ3v) is 2.21. The zero-order valence-corrected chi connectivity index (χ0v) is 10.1. The van der Waals surface area contributed by atoms with E-state index in [1.54, 1.807) is 19.1 Å². The molecular formula is C11H15N3O4. The van der Waals surface area contributed by atoms with Gasteiger partial charge >= 0.3 is 12.0 Å². The maximum atomic E-state index is 11.4. The zero-order valence-electron chi connectivity index (χ0n) is 10.1. The number of carboxylic acids is 1. The van der Waals surface area contributed by atoms with Crippen molar-refractivity contribution in [2.45, 2.75) is 20.0 Å². The van der Waals surface area contributed by atoms with Crippen LogP contribution in [0.3, 0.4) is 0 Å². The maximum Gasteiger partial charge on any atom is 0.334 e. The highest BCUT2D eigenvalue weighted by Crippen LogP contribution is 2.11. The fraction of sp³-hybridized carbons (Fsp3) is 0.364. The molecule has 2 amide bonds. The molecule has 7 heteroatoms. The van der Waals surface area contributed by atoms with Gasteiger partial charge in [0, 0.05) is 5.69 Å². The van der Waals surface area contributed by atoms with Gasteiger partial charge in [0.1, 0.15) is 0 Å². The normalized spacial score (nSPS) is 11.7. The molecule has 0 saturated carbocycles. The number of hydrogen-bond donors (Lipinski definition) is 4. The molecule has 4 N–H and O–H groups in total. The zero-order chi connectivity index (χ0) is 13.7. The van der Waals surface area contributed by atoms with Crippen LogP contribution in [0.4, 0.5) is 10.5 Å². The lowest BCUT2D eigenvalue weighted by Gasteiger charge is -2.11. The fourth-order valence-corrected chi connectivity index (χ4v) is 1.26. The van der Waals surface area contributed by atoms with E-state index >= 15 is 0 Å². The van der Waals surface area contributed by atoms with Gasteiger partial charge in [-0.15, -0.1) is 0 Å². The van der Waals surface area contributed by atoms with Gasteiger partial charge in [0.2, 0.25) is 0 Å². The second kappa shape index (κ2) is 5.97. The number of carboxylic acid groups (broad SMARTS) is 1. The number of amides is 2. The minimum Gasteiger partial charge on any atom is -0.479 e. The Hall–Kier alpha value is -2.15. The first-order valence-corrected chi connectivity index (χ1v) is 5.30. The molecule has 0 unspecified atom stereocenters. The van der Waals surface area contributed by atoms with Crippen molar-refractivity contribution in [1.29, 1.82) is 0 Å². The molecule has 0 aliphatic rings. The Morgan fingerprint density at radius 1 is 1.39 bits per heavy atom. The van der Waals surface area contributed by atoms with Crippen molar-refractivity contribution in [3.63, 3.8) is 0 Å². The molecule has 1 aromatic rings. The molecule has 0 aromatic carbocycles. The van der Waals surface area contributed by atoms with Gasteiger partial charge in [-0.3, -0.25) is 4.98 Å². The van der Waals surface area contributed by atoms with Crippen molar-refractivity contribution in [1.82, 2.24) is 10.3 Å². The molecule has 0 bridgehead atoms. The SMILES string of the molecule is Cc1ccc(NC(=O)NC[C@H](O)C(=O)O)c(C)n1.